The molecule has 2 rings (SSSR count). The zero-order valence-corrected chi connectivity index (χ0v) is 9.70. The Morgan fingerprint density at radius 2 is 1.63 bits per heavy atom. The minimum absolute atomic E-state index is 0.0914. The molecule has 0 amide bonds. The number of hydrogen-bond acceptors (Lipinski definition) is 4. The third-order valence-electron chi connectivity index (χ3n) is 2.38. The number of carboxylic acid groups (broad SMARTS) is 2. The molecule has 0 saturated carbocycles. The van der Waals surface area contributed by atoms with E-state index in [4.69, 9.17) is 10.2 Å². The normalized spacial score (nSPS) is 9.89. The largest absolute Gasteiger partial charge is 0.478 e. The van der Waals surface area contributed by atoms with Crippen LogP contribution in [0.4, 0.5) is 11.4 Å². The molecule has 0 unspecified atom stereocenters. The van der Waals surface area contributed by atoms with Gasteiger partial charge in [0.2, 0.25) is 0 Å². The third-order valence-corrected chi connectivity index (χ3v) is 2.38. The molecule has 1 aromatic carbocycles. The highest BCUT2D eigenvalue weighted by molar-refractivity contribution is 5.95. The quantitative estimate of drug-likeness (QED) is 0.777. The summed E-state index contributed by atoms with van der Waals surface area (Å²) in [5.74, 6) is -2.37. The van der Waals surface area contributed by atoms with Crippen LogP contribution in [0.2, 0.25) is 0 Å². The molecule has 1 aromatic heterocycles. The highest BCUT2D eigenvalue weighted by atomic mass is 16.4. The number of benzene rings is 1. The molecule has 0 atom stereocenters. The smallest absolute Gasteiger partial charge is 0.335 e. The molecular formula is C13H10N2O4. The van der Waals surface area contributed by atoms with Gasteiger partial charge in [-0.1, -0.05) is 0 Å². The van der Waals surface area contributed by atoms with Crippen molar-refractivity contribution in [2.75, 3.05) is 5.32 Å². The average molecular weight is 258 g/mol. The van der Waals surface area contributed by atoms with Crippen molar-refractivity contribution in [3.8, 4) is 0 Å². The van der Waals surface area contributed by atoms with Gasteiger partial charge >= 0.3 is 11.9 Å². The molecule has 0 saturated heterocycles. The summed E-state index contributed by atoms with van der Waals surface area (Å²) in [4.78, 5) is 25.8. The number of pyridine rings is 1. The lowest BCUT2D eigenvalue weighted by molar-refractivity contribution is 0.0696. The van der Waals surface area contributed by atoms with Crippen molar-refractivity contribution in [3.05, 3.63) is 53.9 Å². The maximum Gasteiger partial charge on any atom is 0.335 e. The van der Waals surface area contributed by atoms with Gasteiger partial charge in [0, 0.05) is 11.9 Å². The SMILES string of the molecule is O=C(O)c1cc(Nc2cccnc2)cc(C(=O)O)c1. The lowest BCUT2D eigenvalue weighted by atomic mass is 10.1. The first-order valence-corrected chi connectivity index (χ1v) is 5.35. The predicted octanol–water partition coefficient (Wildman–Crippen LogP) is 2.22. The number of nitrogens with zero attached hydrogens (tertiary/aromatic N) is 1. The molecule has 3 N–H and O–H groups in total. The molecule has 96 valence electrons. The monoisotopic (exact) mass is 258 g/mol. The van der Waals surface area contributed by atoms with Gasteiger partial charge in [0.1, 0.15) is 0 Å². The minimum Gasteiger partial charge on any atom is -0.478 e. The molecule has 0 radical (unpaired) electrons. The van der Waals surface area contributed by atoms with Gasteiger partial charge in [0.25, 0.3) is 0 Å². The maximum absolute atomic E-state index is 10.9. The molecule has 1 heterocycles. The van der Waals surface area contributed by atoms with Crippen LogP contribution in [-0.4, -0.2) is 27.1 Å². The van der Waals surface area contributed by atoms with Crippen molar-refractivity contribution in [1.29, 1.82) is 0 Å². The molecule has 0 aliphatic rings. The lowest BCUT2D eigenvalue weighted by Crippen LogP contribution is -2.04. The Bertz CT molecular complexity index is 594. The number of carbonyl (C=O) groups is 2. The summed E-state index contributed by atoms with van der Waals surface area (Å²) in [6.45, 7) is 0. The van der Waals surface area contributed by atoms with Gasteiger partial charge in [0.15, 0.2) is 0 Å². The molecule has 0 spiro atoms. The average Bonchev–Trinajstić information content (AvgIpc) is 2.39. The predicted molar refractivity (Wildman–Crippen MR) is 67.9 cm³/mol. The van der Waals surface area contributed by atoms with Crippen LogP contribution in [0, 0.1) is 0 Å². The van der Waals surface area contributed by atoms with Crippen molar-refractivity contribution in [2.24, 2.45) is 0 Å². The fourth-order valence-electron chi connectivity index (χ4n) is 1.55. The zero-order valence-electron chi connectivity index (χ0n) is 9.70. The number of rotatable bonds is 4. The van der Waals surface area contributed by atoms with E-state index in [-0.39, 0.29) is 11.1 Å². The molecule has 0 aliphatic carbocycles. The van der Waals surface area contributed by atoms with Gasteiger partial charge in [-0.05, 0) is 30.3 Å². The van der Waals surface area contributed by atoms with Crippen LogP contribution < -0.4 is 5.32 Å². The van der Waals surface area contributed by atoms with E-state index >= 15 is 0 Å². The van der Waals surface area contributed by atoms with E-state index in [9.17, 15) is 9.59 Å². The first-order chi connectivity index (χ1) is 9.06. The fourth-order valence-corrected chi connectivity index (χ4v) is 1.55. The van der Waals surface area contributed by atoms with Crippen molar-refractivity contribution in [1.82, 2.24) is 4.98 Å². The first kappa shape index (κ1) is 12.6. The highest BCUT2D eigenvalue weighted by Gasteiger charge is 2.11. The number of aromatic nitrogens is 1. The van der Waals surface area contributed by atoms with Crippen LogP contribution in [0.3, 0.4) is 0 Å². The van der Waals surface area contributed by atoms with Crippen molar-refractivity contribution >= 4 is 23.3 Å². The number of hydrogen-bond donors (Lipinski definition) is 3. The molecule has 0 bridgehead atoms. The summed E-state index contributed by atoms with van der Waals surface area (Å²) in [7, 11) is 0. The molecule has 6 heteroatoms. The van der Waals surface area contributed by atoms with Crippen LogP contribution in [0.15, 0.2) is 42.7 Å². The summed E-state index contributed by atoms with van der Waals surface area (Å²) in [6.07, 6.45) is 3.15. The highest BCUT2D eigenvalue weighted by Crippen LogP contribution is 2.19. The Hall–Kier alpha value is -2.89. The van der Waals surface area contributed by atoms with Crippen LogP contribution in [0.25, 0.3) is 0 Å². The molecule has 19 heavy (non-hydrogen) atoms. The zero-order chi connectivity index (χ0) is 13.8. The fraction of sp³-hybridized carbons (Fsp3) is 0. The third kappa shape index (κ3) is 3.06. The standard InChI is InChI=1S/C13H10N2O4/c16-12(17)8-4-9(13(18)19)6-11(5-8)15-10-2-1-3-14-7-10/h1-7,15H,(H,16,17)(H,18,19). The maximum atomic E-state index is 10.9. The van der Waals surface area contributed by atoms with Gasteiger partial charge in [-0.3, -0.25) is 4.98 Å². The molecule has 0 aliphatic heterocycles. The van der Waals surface area contributed by atoms with E-state index < -0.39 is 11.9 Å². The van der Waals surface area contributed by atoms with Crippen molar-refractivity contribution in [2.45, 2.75) is 0 Å². The van der Waals surface area contributed by atoms with E-state index in [1.165, 1.54) is 12.1 Å². The van der Waals surface area contributed by atoms with Crippen LogP contribution in [-0.2, 0) is 0 Å². The number of aromatic carboxylic acids is 2. The van der Waals surface area contributed by atoms with Gasteiger partial charge in [0.05, 0.1) is 23.0 Å². The summed E-state index contributed by atoms with van der Waals surface area (Å²) >= 11 is 0. The second-order valence-electron chi connectivity index (χ2n) is 3.78. The Morgan fingerprint density at radius 3 is 2.11 bits per heavy atom. The van der Waals surface area contributed by atoms with Crippen molar-refractivity contribution < 1.29 is 19.8 Å². The summed E-state index contributed by atoms with van der Waals surface area (Å²) in [5, 5.41) is 20.8. The van der Waals surface area contributed by atoms with Gasteiger partial charge in [-0.25, -0.2) is 9.59 Å². The second kappa shape index (κ2) is 5.18. The lowest BCUT2D eigenvalue weighted by Gasteiger charge is -2.08. The number of anilines is 2. The molecule has 6 nitrogen and oxygen atoms in total. The van der Waals surface area contributed by atoms with Crippen LogP contribution >= 0.6 is 0 Å². The Morgan fingerprint density at radius 1 is 1.00 bits per heavy atom. The van der Waals surface area contributed by atoms with E-state index in [0.717, 1.165) is 6.07 Å². The summed E-state index contributed by atoms with van der Waals surface area (Å²) in [5.41, 5.74) is 0.837. The van der Waals surface area contributed by atoms with E-state index in [0.29, 0.717) is 11.4 Å². The number of carboxylic acids is 2. The van der Waals surface area contributed by atoms with E-state index in [2.05, 4.69) is 10.3 Å². The van der Waals surface area contributed by atoms with Gasteiger partial charge in [-0.15, -0.1) is 0 Å². The Kier molecular flexibility index (Phi) is 3.42. The minimum atomic E-state index is -1.18. The molecule has 2 aromatic rings. The van der Waals surface area contributed by atoms with Crippen LogP contribution in [0.1, 0.15) is 20.7 Å². The van der Waals surface area contributed by atoms with E-state index in [1.807, 2.05) is 0 Å². The van der Waals surface area contributed by atoms with Gasteiger partial charge in [-0.2, -0.15) is 0 Å². The second-order valence-corrected chi connectivity index (χ2v) is 3.78. The Labute approximate surface area is 108 Å². The topological polar surface area (TPSA) is 99.5 Å². The first-order valence-electron chi connectivity index (χ1n) is 5.35. The molecule has 0 fully saturated rings. The summed E-state index contributed by atoms with van der Waals surface area (Å²) in [6, 6.07) is 7.28. The van der Waals surface area contributed by atoms with Crippen LogP contribution in [0.5, 0.6) is 0 Å². The van der Waals surface area contributed by atoms with Crippen molar-refractivity contribution in [3.63, 3.8) is 0 Å². The van der Waals surface area contributed by atoms with Gasteiger partial charge < -0.3 is 15.5 Å². The number of nitrogens with one attached hydrogen (secondary N) is 1. The molecular weight excluding hydrogens is 248 g/mol. The van der Waals surface area contributed by atoms with E-state index in [1.54, 1.807) is 24.5 Å². The Balaban J connectivity index is 2.39. The summed E-state index contributed by atoms with van der Waals surface area (Å²) < 4.78 is 0.